The molecule has 72 valence electrons. The molecule has 0 bridgehead atoms. The van der Waals surface area contributed by atoms with Gasteiger partial charge in [-0.15, -0.1) is 0 Å². The molecule has 0 aromatic heterocycles. The minimum Gasteiger partial charge on any atom is -0.388 e. The van der Waals surface area contributed by atoms with E-state index < -0.39 is 24.8 Å². The van der Waals surface area contributed by atoms with Crippen molar-refractivity contribution in [2.24, 2.45) is 0 Å². The lowest BCUT2D eigenvalue weighted by atomic mass is 10.1. The fraction of sp³-hybridized carbons (Fsp3) is 1.00. The van der Waals surface area contributed by atoms with Gasteiger partial charge in [0.2, 0.25) is 6.29 Å². The average Bonchev–Trinajstić information content (AvgIpc) is 2.01. The standard InChI is InChI=1S/C6H12O6/c1-10-12-6-4(8)2-3(7)5(9)11-6/h3-9H,2H2,1H3/t3-,4?,5?,6?/m0/s1. The van der Waals surface area contributed by atoms with Crippen LogP contribution in [0.3, 0.4) is 0 Å². The van der Waals surface area contributed by atoms with Crippen LogP contribution in [0.1, 0.15) is 6.42 Å². The van der Waals surface area contributed by atoms with E-state index in [2.05, 4.69) is 14.5 Å². The maximum Gasteiger partial charge on any atom is 0.219 e. The maximum atomic E-state index is 9.19. The first-order valence-corrected chi connectivity index (χ1v) is 3.54. The van der Waals surface area contributed by atoms with E-state index in [1.165, 1.54) is 7.11 Å². The van der Waals surface area contributed by atoms with Gasteiger partial charge in [0.15, 0.2) is 6.29 Å². The molecular weight excluding hydrogens is 168 g/mol. The summed E-state index contributed by atoms with van der Waals surface area (Å²) in [6.45, 7) is 0. The second-order valence-corrected chi connectivity index (χ2v) is 2.53. The van der Waals surface area contributed by atoms with Crippen molar-refractivity contribution in [2.45, 2.75) is 31.2 Å². The monoisotopic (exact) mass is 180 g/mol. The van der Waals surface area contributed by atoms with E-state index in [4.69, 9.17) is 10.2 Å². The van der Waals surface area contributed by atoms with Gasteiger partial charge in [-0.3, -0.25) is 0 Å². The number of aliphatic hydroxyl groups is 3. The van der Waals surface area contributed by atoms with E-state index in [9.17, 15) is 5.11 Å². The molecule has 1 rings (SSSR count). The van der Waals surface area contributed by atoms with Crippen molar-refractivity contribution >= 4 is 0 Å². The lowest BCUT2D eigenvalue weighted by molar-refractivity contribution is -0.421. The molecule has 0 aromatic rings. The number of ether oxygens (including phenoxy) is 1. The third-order valence-electron chi connectivity index (χ3n) is 1.59. The Morgan fingerprint density at radius 3 is 2.50 bits per heavy atom. The Hall–Kier alpha value is -0.240. The summed E-state index contributed by atoms with van der Waals surface area (Å²) in [6, 6.07) is 0. The summed E-state index contributed by atoms with van der Waals surface area (Å²) < 4.78 is 4.66. The number of rotatable bonds is 2. The summed E-state index contributed by atoms with van der Waals surface area (Å²) in [5.74, 6) is 0. The van der Waals surface area contributed by atoms with E-state index in [-0.39, 0.29) is 6.42 Å². The van der Waals surface area contributed by atoms with Crippen LogP contribution in [0.2, 0.25) is 0 Å². The van der Waals surface area contributed by atoms with Gasteiger partial charge in [-0.05, 0) is 0 Å². The van der Waals surface area contributed by atoms with Crippen LogP contribution in [-0.4, -0.2) is 47.2 Å². The van der Waals surface area contributed by atoms with Crippen LogP contribution in [0.4, 0.5) is 0 Å². The van der Waals surface area contributed by atoms with E-state index >= 15 is 0 Å². The molecule has 0 saturated carbocycles. The van der Waals surface area contributed by atoms with Crippen LogP contribution >= 0.6 is 0 Å². The normalized spacial score (nSPS) is 43.0. The van der Waals surface area contributed by atoms with Gasteiger partial charge in [0.25, 0.3) is 0 Å². The second kappa shape index (κ2) is 4.13. The van der Waals surface area contributed by atoms with Crippen molar-refractivity contribution < 1.29 is 29.8 Å². The largest absolute Gasteiger partial charge is 0.388 e. The predicted octanol–water partition coefficient (Wildman–Crippen LogP) is -1.65. The Morgan fingerprint density at radius 2 is 1.92 bits per heavy atom. The minimum atomic E-state index is -1.34. The van der Waals surface area contributed by atoms with Gasteiger partial charge in [0.1, 0.15) is 12.2 Å². The highest BCUT2D eigenvalue weighted by Crippen LogP contribution is 2.19. The quantitative estimate of drug-likeness (QED) is 0.348. The van der Waals surface area contributed by atoms with Gasteiger partial charge in [0.05, 0.1) is 7.11 Å². The zero-order valence-electron chi connectivity index (χ0n) is 6.58. The van der Waals surface area contributed by atoms with Crippen LogP contribution < -0.4 is 0 Å². The zero-order chi connectivity index (χ0) is 9.14. The van der Waals surface area contributed by atoms with Crippen molar-refractivity contribution in [3.05, 3.63) is 0 Å². The van der Waals surface area contributed by atoms with Crippen molar-refractivity contribution in [1.29, 1.82) is 0 Å². The first-order valence-electron chi connectivity index (χ1n) is 3.54. The zero-order valence-corrected chi connectivity index (χ0v) is 6.58. The molecule has 6 heteroatoms. The molecule has 0 radical (unpaired) electrons. The molecule has 6 nitrogen and oxygen atoms in total. The van der Waals surface area contributed by atoms with E-state index in [1.807, 2.05) is 0 Å². The maximum absolute atomic E-state index is 9.19. The molecule has 3 N–H and O–H groups in total. The molecule has 0 aromatic carbocycles. The summed E-state index contributed by atoms with van der Waals surface area (Å²) in [5.41, 5.74) is 0. The molecule has 0 amide bonds. The molecule has 0 spiro atoms. The van der Waals surface area contributed by atoms with E-state index in [0.29, 0.717) is 0 Å². The van der Waals surface area contributed by atoms with Crippen LogP contribution in [0.25, 0.3) is 0 Å². The van der Waals surface area contributed by atoms with Crippen molar-refractivity contribution in [3.8, 4) is 0 Å². The summed E-state index contributed by atoms with van der Waals surface area (Å²) in [4.78, 5) is 8.73. The topological polar surface area (TPSA) is 88.4 Å². The summed E-state index contributed by atoms with van der Waals surface area (Å²) >= 11 is 0. The van der Waals surface area contributed by atoms with Crippen LogP contribution in [-0.2, 0) is 14.5 Å². The molecule has 1 aliphatic rings. The number of hydrogen-bond donors (Lipinski definition) is 3. The predicted molar refractivity (Wildman–Crippen MR) is 35.6 cm³/mol. The molecule has 1 heterocycles. The van der Waals surface area contributed by atoms with Crippen LogP contribution in [0, 0.1) is 0 Å². The van der Waals surface area contributed by atoms with Crippen molar-refractivity contribution in [2.75, 3.05) is 7.11 Å². The fourth-order valence-corrected chi connectivity index (χ4v) is 0.975. The molecule has 1 fully saturated rings. The lowest BCUT2D eigenvalue weighted by Gasteiger charge is -2.32. The Balaban J connectivity index is 2.43. The third-order valence-corrected chi connectivity index (χ3v) is 1.59. The van der Waals surface area contributed by atoms with Crippen LogP contribution in [0.5, 0.6) is 0 Å². The molecular formula is C6H12O6. The Morgan fingerprint density at radius 1 is 1.25 bits per heavy atom. The molecule has 0 aliphatic carbocycles. The van der Waals surface area contributed by atoms with Gasteiger partial charge in [-0.2, -0.15) is 0 Å². The third kappa shape index (κ3) is 2.13. The summed E-state index contributed by atoms with van der Waals surface area (Å²) in [5, 5.41) is 27.2. The Kier molecular flexibility index (Phi) is 3.39. The van der Waals surface area contributed by atoms with Gasteiger partial charge in [-0.25, -0.2) is 9.78 Å². The summed E-state index contributed by atoms with van der Waals surface area (Å²) in [6.07, 6.45) is -4.48. The minimum absolute atomic E-state index is 0.00477. The van der Waals surface area contributed by atoms with Crippen molar-refractivity contribution in [3.63, 3.8) is 0 Å². The smallest absolute Gasteiger partial charge is 0.219 e. The SMILES string of the molecule is COOC1OC(O)[C@@H](O)CC1O. The van der Waals surface area contributed by atoms with Gasteiger partial charge < -0.3 is 20.1 Å². The Bertz CT molecular complexity index is 140. The average molecular weight is 180 g/mol. The Labute approximate surface area is 69.2 Å². The fourth-order valence-electron chi connectivity index (χ4n) is 0.975. The first-order chi connectivity index (χ1) is 5.65. The number of aliphatic hydroxyl groups excluding tert-OH is 3. The van der Waals surface area contributed by atoms with Gasteiger partial charge >= 0.3 is 0 Å². The molecule has 3 unspecified atom stereocenters. The molecule has 1 aliphatic heterocycles. The highest BCUT2D eigenvalue weighted by molar-refractivity contribution is 4.74. The molecule has 4 atom stereocenters. The van der Waals surface area contributed by atoms with Gasteiger partial charge in [-0.1, -0.05) is 0 Å². The summed E-state index contributed by atoms with van der Waals surface area (Å²) in [7, 11) is 1.26. The molecule has 12 heavy (non-hydrogen) atoms. The van der Waals surface area contributed by atoms with E-state index in [0.717, 1.165) is 0 Å². The highest BCUT2D eigenvalue weighted by Gasteiger charge is 2.36. The van der Waals surface area contributed by atoms with Gasteiger partial charge in [0, 0.05) is 6.42 Å². The van der Waals surface area contributed by atoms with Crippen LogP contribution in [0.15, 0.2) is 0 Å². The van der Waals surface area contributed by atoms with Crippen molar-refractivity contribution in [1.82, 2.24) is 0 Å². The second-order valence-electron chi connectivity index (χ2n) is 2.53. The highest BCUT2D eigenvalue weighted by atomic mass is 17.2. The lowest BCUT2D eigenvalue weighted by Crippen LogP contribution is -2.48. The molecule has 1 saturated heterocycles. The van der Waals surface area contributed by atoms with E-state index in [1.54, 1.807) is 0 Å². The number of hydrogen-bond acceptors (Lipinski definition) is 6. The first kappa shape index (κ1) is 9.85.